The maximum Gasteiger partial charge on any atom is 0.0404 e. The van der Waals surface area contributed by atoms with Gasteiger partial charge in [-0.2, -0.15) is 0 Å². The zero-order valence-electron chi connectivity index (χ0n) is 8.17. The zero-order valence-corrected chi connectivity index (χ0v) is 8.17. The molecule has 68 valence electrons. The van der Waals surface area contributed by atoms with Crippen LogP contribution in [0.2, 0.25) is 0 Å². The number of nitrogens with two attached hydrogens (primary N) is 1. The van der Waals surface area contributed by atoms with Crippen molar-refractivity contribution >= 4 is 0 Å². The van der Waals surface area contributed by atoms with Gasteiger partial charge in [0.25, 0.3) is 0 Å². The highest BCUT2D eigenvalue weighted by atomic mass is 14.7. The van der Waals surface area contributed by atoms with Gasteiger partial charge in [-0.15, -0.1) is 0 Å². The lowest BCUT2D eigenvalue weighted by Gasteiger charge is -1.97. The molecule has 12 heavy (non-hydrogen) atoms. The lowest BCUT2D eigenvalue weighted by atomic mass is 10.2. The summed E-state index contributed by atoms with van der Waals surface area (Å²) in [7, 11) is 0. The van der Waals surface area contributed by atoms with Gasteiger partial charge in [0.05, 0.1) is 0 Å². The summed E-state index contributed by atoms with van der Waals surface area (Å²) in [6.45, 7) is 6.84. The summed E-state index contributed by atoms with van der Waals surface area (Å²) in [5.41, 5.74) is 7.34. The molecule has 1 rings (SSSR count). The van der Waals surface area contributed by atoms with E-state index in [2.05, 4.69) is 18.0 Å². The van der Waals surface area contributed by atoms with E-state index < -0.39 is 0 Å². The largest absolute Gasteiger partial charge is 0.331 e. The van der Waals surface area contributed by atoms with E-state index >= 15 is 0 Å². The summed E-state index contributed by atoms with van der Waals surface area (Å²) in [5, 5.41) is 0. The summed E-state index contributed by atoms with van der Waals surface area (Å²) >= 11 is 0. The van der Waals surface area contributed by atoms with Crippen LogP contribution in [-0.4, -0.2) is 11.5 Å². The Hall–Kier alpha value is -0.890. The first-order valence-corrected chi connectivity index (χ1v) is 4.36. The van der Waals surface area contributed by atoms with E-state index in [-0.39, 0.29) is 0 Å². The van der Waals surface area contributed by atoms with Gasteiger partial charge in [-0.05, 0) is 31.5 Å². The molecule has 0 bridgehead atoms. The molecule has 0 aromatic carbocycles. The Morgan fingerprint density at radius 3 is 2.33 bits per heavy atom. The maximum absolute atomic E-state index is 4.85. The normalized spacial score (nSPS) is 8.67. The molecular formula is C10H18N2. The Kier molecular flexibility index (Phi) is 6.29. The van der Waals surface area contributed by atoms with Crippen LogP contribution in [0.25, 0.3) is 0 Å². The average molecular weight is 166 g/mol. The van der Waals surface area contributed by atoms with Gasteiger partial charge in [0.1, 0.15) is 0 Å². The van der Waals surface area contributed by atoms with E-state index in [1.165, 1.54) is 5.56 Å². The zero-order chi connectivity index (χ0) is 9.40. The molecule has 0 unspecified atom stereocenters. The molecule has 0 fully saturated rings. The first-order valence-electron chi connectivity index (χ1n) is 4.36. The SMILES string of the molecule is CCN.CCc1cccnc1C. The van der Waals surface area contributed by atoms with Gasteiger partial charge in [0, 0.05) is 11.9 Å². The van der Waals surface area contributed by atoms with E-state index in [0.717, 1.165) is 18.7 Å². The minimum atomic E-state index is 0.750. The Morgan fingerprint density at radius 1 is 1.42 bits per heavy atom. The molecule has 1 aromatic rings. The smallest absolute Gasteiger partial charge is 0.0404 e. The lowest BCUT2D eigenvalue weighted by molar-refractivity contribution is 1.05. The predicted octanol–water partition coefficient (Wildman–Crippen LogP) is 1.92. The number of hydrogen-bond acceptors (Lipinski definition) is 2. The second-order valence-corrected chi connectivity index (χ2v) is 2.51. The average Bonchev–Trinajstić information content (AvgIpc) is 2.07. The second-order valence-electron chi connectivity index (χ2n) is 2.51. The summed E-state index contributed by atoms with van der Waals surface area (Å²) in [6.07, 6.45) is 2.91. The fourth-order valence-electron chi connectivity index (χ4n) is 0.891. The number of aromatic nitrogens is 1. The molecule has 0 amide bonds. The predicted molar refractivity (Wildman–Crippen MR) is 53.1 cm³/mol. The molecule has 0 aliphatic heterocycles. The highest BCUT2D eigenvalue weighted by Crippen LogP contribution is 2.02. The van der Waals surface area contributed by atoms with Crippen LogP contribution >= 0.6 is 0 Å². The van der Waals surface area contributed by atoms with Crippen molar-refractivity contribution in [3.8, 4) is 0 Å². The monoisotopic (exact) mass is 166 g/mol. The van der Waals surface area contributed by atoms with Crippen LogP contribution in [0.4, 0.5) is 0 Å². The van der Waals surface area contributed by atoms with Gasteiger partial charge >= 0.3 is 0 Å². The van der Waals surface area contributed by atoms with Crippen molar-refractivity contribution in [1.29, 1.82) is 0 Å². The van der Waals surface area contributed by atoms with Crippen molar-refractivity contribution in [2.24, 2.45) is 5.73 Å². The van der Waals surface area contributed by atoms with Crippen molar-refractivity contribution in [1.82, 2.24) is 4.98 Å². The highest BCUT2D eigenvalue weighted by Gasteiger charge is 1.91. The van der Waals surface area contributed by atoms with Crippen molar-refractivity contribution < 1.29 is 0 Å². The number of pyridine rings is 1. The van der Waals surface area contributed by atoms with Crippen molar-refractivity contribution in [2.75, 3.05) is 6.54 Å². The van der Waals surface area contributed by atoms with Gasteiger partial charge < -0.3 is 5.73 Å². The molecule has 2 heteroatoms. The third-order valence-corrected chi connectivity index (χ3v) is 1.50. The van der Waals surface area contributed by atoms with Gasteiger partial charge in [-0.3, -0.25) is 4.98 Å². The molecular weight excluding hydrogens is 148 g/mol. The first kappa shape index (κ1) is 11.1. The van der Waals surface area contributed by atoms with E-state index in [0.29, 0.717) is 0 Å². The molecule has 0 spiro atoms. The van der Waals surface area contributed by atoms with E-state index in [1.54, 1.807) is 0 Å². The summed E-state index contributed by atoms with van der Waals surface area (Å²) < 4.78 is 0. The lowest BCUT2D eigenvalue weighted by Crippen LogP contribution is -1.87. The molecule has 0 aliphatic rings. The van der Waals surface area contributed by atoms with Crippen LogP contribution in [0.15, 0.2) is 18.3 Å². The molecule has 1 heterocycles. The van der Waals surface area contributed by atoms with Gasteiger partial charge in [-0.1, -0.05) is 19.9 Å². The van der Waals surface area contributed by atoms with Crippen LogP contribution < -0.4 is 5.73 Å². The van der Waals surface area contributed by atoms with Gasteiger partial charge in [-0.25, -0.2) is 0 Å². The topological polar surface area (TPSA) is 38.9 Å². The summed E-state index contributed by atoms with van der Waals surface area (Å²) in [5.74, 6) is 0. The van der Waals surface area contributed by atoms with Crippen LogP contribution in [0.5, 0.6) is 0 Å². The van der Waals surface area contributed by atoms with Crippen molar-refractivity contribution in [2.45, 2.75) is 27.2 Å². The molecule has 0 aliphatic carbocycles. The second kappa shape index (κ2) is 6.80. The standard InChI is InChI=1S/C8H11N.C2H7N/c1-3-8-5-4-6-9-7(8)2;1-2-3/h4-6H,3H2,1-2H3;2-3H2,1H3. The molecule has 2 N–H and O–H groups in total. The molecule has 0 saturated carbocycles. The molecule has 0 radical (unpaired) electrons. The Balaban J connectivity index is 0.000000354. The number of nitrogens with zero attached hydrogens (tertiary/aromatic N) is 1. The maximum atomic E-state index is 4.85. The van der Waals surface area contributed by atoms with Crippen molar-refractivity contribution in [3.63, 3.8) is 0 Å². The fraction of sp³-hybridized carbons (Fsp3) is 0.500. The van der Waals surface area contributed by atoms with Crippen LogP contribution in [-0.2, 0) is 6.42 Å². The van der Waals surface area contributed by atoms with Crippen LogP contribution in [0.1, 0.15) is 25.1 Å². The number of aryl methyl sites for hydroxylation is 2. The summed E-state index contributed by atoms with van der Waals surface area (Å²) in [6, 6.07) is 4.09. The minimum absolute atomic E-state index is 0.750. The van der Waals surface area contributed by atoms with Crippen molar-refractivity contribution in [3.05, 3.63) is 29.6 Å². The Bertz CT molecular complexity index is 209. The number of hydrogen-bond donors (Lipinski definition) is 1. The fourth-order valence-corrected chi connectivity index (χ4v) is 0.891. The minimum Gasteiger partial charge on any atom is -0.331 e. The molecule has 1 aromatic heterocycles. The van der Waals surface area contributed by atoms with E-state index in [1.807, 2.05) is 26.1 Å². The third-order valence-electron chi connectivity index (χ3n) is 1.50. The van der Waals surface area contributed by atoms with E-state index in [4.69, 9.17) is 5.73 Å². The van der Waals surface area contributed by atoms with Crippen LogP contribution in [0, 0.1) is 6.92 Å². The Labute approximate surface area is 74.8 Å². The molecule has 0 atom stereocenters. The summed E-state index contributed by atoms with van der Waals surface area (Å²) in [4.78, 5) is 4.15. The first-order chi connectivity index (χ1) is 5.76. The number of rotatable bonds is 1. The van der Waals surface area contributed by atoms with Gasteiger partial charge in [0.2, 0.25) is 0 Å². The van der Waals surface area contributed by atoms with E-state index in [9.17, 15) is 0 Å². The molecule has 0 saturated heterocycles. The third kappa shape index (κ3) is 4.09. The molecule has 2 nitrogen and oxygen atoms in total. The Morgan fingerprint density at radius 2 is 2.00 bits per heavy atom. The van der Waals surface area contributed by atoms with Gasteiger partial charge in [0.15, 0.2) is 0 Å². The highest BCUT2D eigenvalue weighted by molar-refractivity contribution is 5.17. The quantitative estimate of drug-likeness (QED) is 0.692. The van der Waals surface area contributed by atoms with Crippen LogP contribution in [0.3, 0.4) is 0 Å².